The van der Waals surface area contributed by atoms with E-state index in [1.54, 1.807) is 35.5 Å². The molecule has 0 atom stereocenters. The van der Waals surface area contributed by atoms with Crippen molar-refractivity contribution in [2.75, 3.05) is 36.4 Å². The van der Waals surface area contributed by atoms with Crippen LogP contribution in [0.25, 0.3) is 0 Å². The first-order chi connectivity index (χ1) is 16.1. The van der Waals surface area contributed by atoms with Gasteiger partial charge in [-0.2, -0.15) is 4.31 Å². The molecule has 2 heterocycles. The SMILES string of the molecule is Cc1ccc(NC(=O)c2ccc(N3CCC(C)CC3)c(S(=O)(=O)N3CCC(C)CC3)c2)cc1F. The molecule has 2 aliphatic heterocycles. The van der Waals surface area contributed by atoms with E-state index >= 15 is 0 Å². The van der Waals surface area contributed by atoms with Crippen LogP contribution < -0.4 is 10.2 Å². The molecular formula is C26H34FN3O3S. The molecular weight excluding hydrogens is 453 g/mol. The highest BCUT2D eigenvalue weighted by Gasteiger charge is 2.32. The Balaban J connectivity index is 1.68. The van der Waals surface area contributed by atoms with Gasteiger partial charge in [-0.25, -0.2) is 12.8 Å². The number of aryl methyl sites for hydroxylation is 1. The van der Waals surface area contributed by atoms with Crippen molar-refractivity contribution in [1.82, 2.24) is 4.31 Å². The summed E-state index contributed by atoms with van der Waals surface area (Å²) in [5.74, 6) is 0.238. The first kappa shape index (κ1) is 24.7. The van der Waals surface area contributed by atoms with Crippen molar-refractivity contribution >= 4 is 27.3 Å². The van der Waals surface area contributed by atoms with E-state index in [2.05, 4.69) is 24.1 Å². The summed E-state index contributed by atoms with van der Waals surface area (Å²) in [5, 5.41) is 2.69. The number of carbonyl (C=O) groups excluding carboxylic acids is 1. The Kier molecular flexibility index (Phi) is 7.28. The minimum absolute atomic E-state index is 0.180. The van der Waals surface area contributed by atoms with Crippen molar-refractivity contribution < 1.29 is 17.6 Å². The van der Waals surface area contributed by atoms with Crippen LogP contribution in [-0.4, -0.2) is 44.8 Å². The first-order valence-corrected chi connectivity index (χ1v) is 13.6. The molecule has 2 aromatic carbocycles. The summed E-state index contributed by atoms with van der Waals surface area (Å²) in [6.07, 6.45) is 3.66. The second-order valence-corrected chi connectivity index (χ2v) is 11.8. The number of amides is 1. The quantitative estimate of drug-likeness (QED) is 0.641. The van der Waals surface area contributed by atoms with Gasteiger partial charge in [0.05, 0.1) is 5.69 Å². The summed E-state index contributed by atoms with van der Waals surface area (Å²) < 4.78 is 43.0. The van der Waals surface area contributed by atoms with Crippen molar-refractivity contribution in [2.45, 2.75) is 51.3 Å². The number of anilines is 2. The molecule has 1 N–H and O–H groups in total. The molecule has 0 aliphatic carbocycles. The monoisotopic (exact) mass is 487 g/mol. The average molecular weight is 488 g/mol. The van der Waals surface area contributed by atoms with Crippen LogP contribution in [0, 0.1) is 24.6 Å². The number of benzene rings is 2. The number of halogens is 1. The third-order valence-electron chi connectivity index (χ3n) is 7.14. The van der Waals surface area contributed by atoms with E-state index in [1.807, 2.05) is 0 Å². The smallest absolute Gasteiger partial charge is 0.255 e. The maximum Gasteiger partial charge on any atom is 0.255 e. The van der Waals surface area contributed by atoms with E-state index in [0.29, 0.717) is 41.9 Å². The number of nitrogens with zero attached hydrogens (tertiary/aromatic N) is 2. The fourth-order valence-corrected chi connectivity index (χ4v) is 6.32. The molecule has 184 valence electrons. The highest BCUT2D eigenvalue weighted by molar-refractivity contribution is 7.89. The second kappa shape index (κ2) is 10.0. The normalized spacial score (nSPS) is 18.8. The van der Waals surface area contributed by atoms with Crippen molar-refractivity contribution in [3.05, 3.63) is 53.3 Å². The van der Waals surface area contributed by atoms with Gasteiger partial charge in [-0.1, -0.05) is 19.9 Å². The van der Waals surface area contributed by atoms with Crippen LogP contribution in [-0.2, 0) is 10.0 Å². The molecule has 2 aliphatic rings. The van der Waals surface area contributed by atoms with Gasteiger partial charge in [0.15, 0.2) is 0 Å². The van der Waals surface area contributed by atoms with Crippen LogP contribution in [0.4, 0.5) is 15.8 Å². The summed E-state index contributed by atoms with van der Waals surface area (Å²) in [5.41, 5.74) is 1.71. The van der Waals surface area contributed by atoms with Gasteiger partial charge >= 0.3 is 0 Å². The standard InChI is InChI=1S/C26H34FN3O3S/c1-18-8-12-29(13-9-18)24-7-5-21(26(31)28-22-6-4-20(3)23(27)17-22)16-25(24)34(32,33)30-14-10-19(2)11-15-30/h4-7,16-19H,8-15H2,1-3H3,(H,28,31). The fraction of sp³-hybridized carbons (Fsp3) is 0.500. The van der Waals surface area contributed by atoms with Crippen LogP contribution in [0.1, 0.15) is 55.5 Å². The highest BCUT2D eigenvalue weighted by Crippen LogP contribution is 2.34. The van der Waals surface area contributed by atoms with Crippen LogP contribution >= 0.6 is 0 Å². The first-order valence-electron chi connectivity index (χ1n) is 12.1. The lowest BCUT2D eigenvalue weighted by atomic mass is 9.98. The number of hydrogen-bond acceptors (Lipinski definition) is 4. The molecule has 2 fully saturated rings. The van der Waals surface area contributed by atoms with Gasteiger partial charge in [0.2, 0.25) is 10.0 Å². The third-order valence-corrected chi connectivity index (χ3v) is 9.06. The predicted molar refractivity (Wildman–Crippen MR) is 133 cm³/mol. The molecule has 0 spiro atoms. The zero-order valence-corrected chi connectivity index (χ0v) is 21.0. The number of carbonyl (C=O) groups is 1. The molecule has 0 unspecified atom stereocenters. The number of piperidine rings is 2. The number of sulfonamides is 1. The summed E-state index contributed by atoms with van der Waals surface area (Å²) in [7, 11) is -3.77. The van der Waals surface area contributed by atoms with E-state index in [4.69, 9.17) is 0 Å². The lowest BCUT2D eigenvalue weighted by Gasteiger charge is -2.35. The van der Waals surface area contributed by atoms with Gasteiger partial charge in [-0.3, -0.25) is 4.79 Å². The van der Waals surface area contributed by atoms with Gasteiger partial charge in [0, 0.05) is 37.4 Å². The largest absolute Gasteiger partial charge is 0.370 e. The molecule has 0 radical (unpaired) electrons. The Labute approximate surface area is 202 Å². The van der Waals surface area contributed by atoms with E-state index in [-0.39, 0.29) is 10.5 Å². The second-order valence-electron chi connectivity index (χ2n) is 9.86. The molecule has 6 nitrogen and oxygen atoms in total. The van der Waals surface area contributed by atoms with Gasteiger partial charge in [0.1, 0.15) is 10.7 Å². The Bertz CT molecular complexity index is 1150. The molecule has 2 saturated heterocycles. The molecule has 0 bridgehead atoms. The van der Waals surface area contributed by atoms with Crippen molar-refractivity contribution in [3.63, 3.8) is 0 Å². The topological polar surface area (TPSA) is 69.7 Å². The minimum Gasteiger partial charge on any atom is -0.370 e. The Morgan fingerprint density at radius 1 is 0.941 bits per heavy atom. The fourth-order valence-electron chi connectivity index (χ4n) is 4.61. The van der Waals surface area contributed by atoms with Crippen LogP contribution in [0.5, 0.6) is 0 Å². The zero-order chi connectivity index (χ0) is 24.5. The highest BCUT2D eigenvalue weighted by atomic mass is 32.2. The summed E-state index contributed by atoms with van der Waals surface area (Å²) >= 11 is 0. The van der Waals surface area contributed by atoms with Crippen LogP contribution in [0.3, 0.4) is 0 Å². The van der Waals surface area contributed by atoms with E-state index in [0.717, 1.165) is 38.8 Å². The average Bonchev–Trinajstić information content (AvgIpc) is 2.82. The molecule has 2 aromatic rings. The molecule has 1 amide bonds. The van der Waals surface area contributed by atoms with Crippen molar-refractivity contribution in [3.8, 4) is 0 Å². The molecule has 0 aromatic heterocycles. The number of hydrogen-bond donors (Lipinski definition) is 1. The van der Waals surface area contributed by atoms with E-state index in [1.165, 1.54) is 12.1 Å². The van der Waals surface area contributed by atoms with Crippen molar-refractivity contribution in [1.29, 1.82) is 0 Å². The Morgan fingerprint density at radius 3 is 2.18 bits per heavy atom. The summed E-state index contributed by atoms with van der Waals surface area (Å²) in [6.45, 7) is 8.55. The Morgan fingerprint density at radius 2 is 1.56 bits per heavy atom. The van der Waals surface area contributed by atoms with E-state index < -0.39 is 21.7 Å². The zero-order valence-electron chi connectivity index (χ0n) is 20.2. The van der Waals surface area contributed by atoms with Crippen molar-refractivity contribution in [2.24, 2.45) is 11.8 Å². The van der Waals surface area contributed by atoms with Crippen LogP contribution in [0.15, 0.2) is 41.3 Å². The molecule has 0 saturated carbocycles. The Hall–Kier alpha value is -2.45. The lowest BCUT2D eigenvalue weighted by Crippen LogP contribution is -2.39. The van der Waals surface area contributed by atoms with Gasteiger partial charge < -0.3 is 10.2 Å². The van der Waals surface area contributed by atoms with Gasteiger partial charge in [0.25, 0.3) is 5.91 Å². The molecule has 8 heteroatoms. The van der Waals surface area contributed by atoms with Gasteiger partial charge in [-0.15, -0.1) is 0 Å². The third kappa shape index (κ3) is 5.28. The van der Waals surface area contributed by atoms with Gasteiger partial charge in [-0.05, 0) is 80.3 Å². The summed E-state index contributed by atoms with van der Waals surface area (Å²) in [4.78, 5) is 15.3. The molecule has 34 heavy (non-hydrogen) atoms. The minimum atomic E-state index is -3.77. The molecule has 4 rings (SSSR count). The predicted octanol–water partition coefficient (Wildman–Crippen LogP) is 5.04. The number of rotatable bonds is 5. The maximum absolute atomic E-state index is 13.9. The maximum atomic E-state index is 13.9. The summed E-state index contributed by atoms with van der Waals surface area (Å²) in [6, 6.07) is 9.39. The lowest BCUT2D eigenvalue weighted by molar-refractivity contribution is 0.102. The van der Waals surface area contributed by atoms with E-state index in [9.17, 15) is 17.6 Å². The van der Waals surface area contributed by atoms with Crippen LogP contribution in [0.2, 0.25) is 0 Å². The number of nitrogens with one attached hydrogen (secondary N) is 1.